The predicted molar refractivity (Wildman–Crippen MR) is 92.3 cm³/mol. The highest BCUT2D eigenvalue weighted by Gasteiger charge is 2.43. The van der Waals surface area contributed by atoms with Gasteiger partial charge in [-0.1, -0.05) is 12.1 Å². The van der Waals surface area contributed by atoms with E-state index in [0.717, 1.165) is 6.07 Å². The average Bonchev–Trinajstić information content (AvgIpc) is 2.67. The largest absolute Gasteiger partial charge is 0.482 e. The number of ether oxygens (including phenoxy) is 2. The summed E-state index contributed by atoms with van der Waals surface area (Å²) in [4.78, 5) is 32.7. The fourth-order valence-corrected chi connectivity index (χ4v) is 1.92. The molecule has 0 aliphatic carbocycles. The Hall–Kier alpha value is -3.76. The van der Waals surface area contributed by atoms with E-state index in [2.05, 4.69) is 10.1 Å². The van der Waals surface area contributed by atoms with Crippen LogP contribution in [0.1, 0.15) is 0 Å². The Morgan fingerprint density at radius 1 is 1.11 bits per heavy atom. The van der Waals surface area contributed by atoms with Gasteiger partial charge >= 0.3 is 12.0 Å². The van der Waals surface area contributed by atoms with Crippen LogP contribution in [0.5, 0.6) is 17.2 Å². The molecule has 2 aromatic rings. The van der Waals surface area contributed by atoms with E-state index in [1.54, 1.807) is 5.32 Å². The first-order valence-corrected chi connectivity index (χ1v) is 7.80. The van der Waals surface area contributed by atoms with Crippen molar-refractivity contribution in [3.63, 3.8) is 0 Å². The Morgan fingerprint density at radius 2 is 1.71 bits per heavy atom. The first kappa shape index (κ1) is 20.6. The molecule has 9 nitrogen and oxygen atoms in total. The lowest BCUT2D eigenvalue weighted by Gasteiger charge is -2.19. The number of rotatable bonds is 8. The van der Waals surface area contributed by atoms with Crippen molar-refractivity contribution < 1.29 is 32.8 Å². The minimum absolute atomic E-state index is 0.133. The number of nitro benzene ring substituents is 1. The highest BCUT2D eigenvalue weighted by molar-refractivity contribution is 5.87. The molecular weight excluding hydrogens is 380 g/mol. The highest BCUT2D eigenvalue weighted by atomic mass is 19.3. The fraction of sp³-hybridized carbons (Fsp3) is 0.176. The van der Waals surface area contributed by atoms with Gasteiger partial charge in [0.2, 0.25) is 5.91 Å². The molecule has 0 bridgehead atoms. The minimum atomic E-state index is -4.27. The SMILES string of the molecule is CNC(=O)CNC(=O)C(F)(F)Oc1ccccc1Oc1ccc([N+](=O)[O-])cc1. The third-order valence-electron chi connectivity index (χ3n) is 3.32. The van der Waals surface area contributed by atoms with Gasteiger partial charge in [0.05, 0.1) is 11.5 Å². The topological polar surface area (TPSA) is 120 Å². The summed E-state index contributed by atoms with van der Waals surface area (Å²) in [7, 11) is 1.29. The summed E-state index contributed by atoms with van der Waals surface area (Å²) in [6.45, 7) is -0.644. The summed E-state index contributed by atoms with van der Waals surface area (Å²) < 4.78 is 37.9. The molecule has 0 heterocycles. The Labute approximate surface area is 157 Å². The van der Waals surface area contributed by atoms with Crippen LogP contribution in [0.25, 0.3) is 0 Å². The molecule has 0 atom stereocenters. The maximum absolute atomic E-state index is 14.0. The maximum atomic E-state index is 14.0. The van der Waals surface area contributed by atoms with Gasteiger partial charge in [-0.2, -0.15) is 8.78 Å². The molecule has 0 aliphatic heterocycles. The van der Waals surface area contributed by atoms with E-state index in [4.69, 9.17) is 4.74 Å². The maximum Gasteiger partial charge on any atom is 0.482 e. The smallest absolute Gasteiger partial charge is 0.453 e. The summed E-state index contributed by atoms with van der Waals surface area (Å²) in [6, 6.07) is 10.3. The lowest BCUT2D eigenvalue weighted by molar-refractivity contribution is -0.384. The number of benzene rings is 2. The Balaban J connectivity index is 2.13. The normalized spacial score (nSPS) is 10.7. The van der Waals surface area contributed by atoms with Crippen molar-refractivity contribution in [1.82, 2.24) is 10.6 Å². The highest BCUT2D eigenvalue weighted by Crippen LogP contribution is 2.35. The van der Waals surface area contributed by atoms with Gasteiger partial charge in [-0.25, -0.2) is 0 Å². The van der Waals surface area contributed by atoms with Crippen LogP contribution in [0, 0.1) is 10.1 Å². The van der Waals surface area contributed by atoms with Crippen LogP contribution in [-0.4, -0.2) is 36.4 Å². The van der Waals surface area contributed by atoms with Crippen LogP contribution in [0.2, 0.25) is 0 Å². The summed E-state index contributed by atoms with van der Waals surface area (Å²) >= 11 is 0. The molecule has 0 radical (unpaired) electrons. The zero-order valence-electron chi connectivity index (χ0n) is 14.5. The number of carbonyl (C=O) groups is 2. The predicted octanol–water partition coefficient (Wildman–Crippen LogP) is 2.22. The minimum Gasteiger partial charge on any atom is -0.453 e. The molecular formula is C17H15F2N3O6. The van der Waals surface area contributed by atoms with E-state index >= 15 is 0 Å². The van der Waals surface area contributed by atoms with Crippen molar-refractivity contribution in [2.75, 3.05) is 13.6 Å². The average molecular weight is 395 g/mol. The molecule has 28 heavy (non-hydrogen) atoms. The second-order valence-corrected chi connectivity index (χ2v) is 5.27. The van der Waals surface area contributed by atoms with Crippen LogP contribution in [-0.2, 0) is 9.59 Å². The molecule has 0 saturated heterocycles. The summed E-state index contributed by atoms with van der Waals surface area (Å²) in [5.41, 5.74) is -0.170. The van der Waals surface area contributed by atoms with E-state index in [0.29, 0.717) is 0 Å². The molecule has 11 heteroatoms. The molecule has 0 saturated carbocycles. The van der Waals surface area contributed by atoms with Crippen LogP contribution in [0.3, 0.4) is 0 Å². The number of alkyl halides is 2. The van der Waals surface area contributed by atoms with Crippen molar-refractivity contribution in [2.24, 2.45) is 0 Å². The number of hydrogen-bond donors (Lipinski definition) is 2. The third-order valence-corrected chi connectivity index (χ3v) is 3.32. The van der Waals surface area contributed by atoms with E-state index in [9.17, 15) is 28.5 Å². The molecule has 2 rings (SSSR count). The van der Waals surface area contributed by atoms with Gasteiger partial charge in [-0.3, -0.25) is 19.7 Å². The number of nitrogens with one attached hydrogen (secondary N) is 2. The Bertz CT molecular complexity index is 873. The van der Waals surface area contributed by atoms with Gasteiger partial charge in [-0.15, -0.1) is 0 Å². The molecule has 0 spiro atoms. The summed E-state index contributed by atoms with van der Waals surface area (Å²) in [6.07, 6.45) is -4.27. The number of carbonyl (C=O) groups excluding carboxylic acids is 2. The van der Waals surface area contributed by atoms with Gasteiger partial charge in [0, 0.05) is 19.2 Å². The number of amides is 2. The van der Waals surface area contributed by atoms with Gasteiger partial charge in [0.25, 0.3) is 5.69 Å². The van der Waals surface area contributed by atoms with Crippen molar-refractivity contribution >= 4 is 17.5 Å². The van der Waals surface area contributed by atoms with E-state index < -0.39 is 35.1 Å². The quantitative estimate of drug-likeness (QED) is 0.522. The lowest BCUT2D eigenvalue weighted by Crippen LogP contribution is -2.47. The van der Waals surface area contributed by atoms with Crippen LogP contribution < -0.4 is 20.1 Å². The first-order chi connectivity index (χ1) is 13.2. The van der Waals surface area contributed by atoms with Crippen molar-refractivity contribution in [2.45, 2.75) is 6.11 Å². The molecule has 0 aliphatic rings. The van der Waals surface area contributed by atoms with Crippen molar-refractivity contribution in [3.8, 4) is 17.2 Å². The molecule has 2 N–H and O–H groups in total. The number of nitro groups is 1. The number of non-ortho nitro benzene ring substituents is 1. The zero-order chi connectivity index (χ0) is 20.7. The number of hydrogen-bond acceptors (Lipinski definition) is 6. The van der Waals surface area contributed by atoms with E-state index in [1.807, 2.05) is 0 Å². The molecule has 2 aromatic carbocycles. The Kier molecular flexibility index (Phi) is 6.42. The Morgan fingerprint density at radius 3 is 2.29 bits per heavy atom. The molecule has 148 valence electrons. The molecule has 0 fully saturated rings. The zero-order valence-corrected chi connectivity index (χ0v) is 14.5. The van der Waals surface area contributed by atoms with Gasteiger partial charge in [0.1, 0.15) is 5.75 Å². The summed E-state index contributed by atoms with van der Waals surface area (Å²) in [5.74, 6) is -2.92. The van der Waals surface area contributed by atoms with Gasteiger partial charge in [0.15, 0.2) is 11.5 Å². The van der Waals surface area contributed by atoms with Crippen LogP contribution in [0.15, 0.2) is 48.5 Å². The van der Waals surface area contributed by atoms with Gasteiger partial charge < -0.3 is 20.1 Å². The number of likely N-dealkylation sites (N-methyl/N-ethyl adjacent to an activating group) is 1. The number of nitrogens with zero attached hydrogens (tertiary/aromatic N) is 1. The number of halogens is 2. The van der Waals surface area contributed by atoms with E-state index in [1.165, 1.54) is 49.5 Å². The lowest BCUT2D eigenvalue weighted by atomic mass is 10.3. The van der Waals surface area contributed by atoms with Gasteiger partial charge in [-0.05, 0) is 24.3 Å². The summed E-state index contributed by atoms with van der Waals surface area (Å²) in [5, 5.41) is 14.6. The van der Waals surface area contributed by atoms with Crippen molar-refractivity contribution in [3.05, 3.63) is 58.6 Å². The standard InChI is InChI=1S/C17H15F2N3O6/c1-20-15(23)10-21-16(24)17(18,19)28-14-5-3-2-4-13(14)27-12-8-6-11(7-9-12)22(25)26/h2-9H,10H2,1H3,(H,20,23)(H,21,24). The van der Waals surface area contributed by atoms with Crippen LogP contribution in [0.4, 0.5) is 14.5 Å². The van der Waals surface area contributed by atoms with Crippen molar-refractivity contribution in [1.29, 1.82) is 0 Å². The fourth-order valence-electron chi connectivity index (χ4n) is 1.92. The molecule has 0 unspecified atom stereocenters. The molecule has 2 amide bonds. The second kappa shape index (κ2) is 8.75. The molecule has 0 aromatic heterocycles. The van der Waals surface area contributed by atoms with E-state index in [-0.39, 0.29) is 17.2 Å². The second-order valence-electron chi connectivity index (χ2n) is 5.27. The first-order valence-electron chi connectivity index (χ1n) is 7.80. The number of para-hydroxylation sites is 2. The van der Waals surface area contributed by atoms with Crippen LogP contribution >= 0.6 is 0 Å². The monoisotopic (exact) mass is 395 g/mol. The third kappa shape index (κ3) is 5.37.